The Morgan fingerprint density at radius 2 is 1.91 bits per heavy atom. The van der Waals surface area contributed by atoms with Gasteiger partial charge in [0.2, 0.25) is 11.4 Å². The lowest BCUT2D eigenvalue weighted by atomic mass is 9.85. The van der Waals surface area contributed by atoms with Crippen LogP contribution >= 0.6 is 0 Å². The Bertz CT molecular complexity index is 1150. The van der Waals surface area contributed by atoms with Crippen molar-refractivity contribution in [2.45, 2.75) is 64.5 Å². The van der Waals surface area contributed by atoms with E-state index in [1.807, 2.05) is 18.2 Å². The summed E-state index contributed by atoms with van der Waals surface area (Å²) in [7, 11) is 1.61. The minimum absolute atomic E-state index is 0.0441. The molecule has 0 aromatic heterocycles. The standard InChI is InChI=1S/C27H33N3O5/c1-6-27(4,30(33)34)14-13-25(32)28-20-10-7-18(8-11-20)24(31)16-23-22-15-21(35-5)12-9-19(22)17-26(2,3)29-23/h7-12,15-16,29H,6,13-14,17H2,1-5H3,(H,28,32)/b23-16-. The molecule has 0 saturated heterocycles. The summed E-state index contributed by atoms with van der Waals surface area (Å²) in [6.07, 6.45) is 2.97. The van der Waals surface area contributed by atoms with Gasteiger partial charge in [0.15, 0.2) is 5.78 Å². The molecule has 1 amide bonds. The van der Waals surface area contributed by atoms with Crippen molar-refractivity contribution in [3.63, 3.8) is 0 Å². The number of methoxy groups -OCH3 is 1. The predicted octanol–water partition coefficient (Wildman–Crippen LogP) is 5.01. The van der Waals surface area contributed by atoms with Crippen LogP contribution in [0.2, 0.25) is 0 Å². The SMILES string of the molecule is CCC(C)(CCC(=O)Nc1ccc(C(=O)/C=C2\NC(C)(C)Cc3ccc(OC)cc32)cc1)[N+](=O)[O-]. The van der Waals surface area contributed by atoms with Gasteiger partial charge in [0, 0.05) is 65.2 Å². The van der Waals surface area contributed by atoms with Crippen LogP contribution in [0.1, 0.15) is 68.4 Å². The van der Waals surface area contributed by atoms with Crippen molar-refractivity contribution in [3.05, 3.63) is 75.3 Å². The maximum atomic E-state index is 13.0. The van der Waals surface area contributed by atoms with E-state index in [4.69, 9.17) is 4.74 Å². The lowest BCUT2D eigenvalue weighted by molar-refractivity contribution is -0.566. The molecule has 8 heteroatoms. The van der Waals surface area contributed by atoms with Gasteiger partial charge in [-0.05, 0) is 62.2 Å². The van der Waals surface area contributed by atoms with E-state index in [2.05, 4.69) is 24.5 Å². The molecule has 0 aliphatic carbocycles. The third-order valence-corrected chi connectivity index (χ3v) is 6.53. The molecule has 35 heavy (non-hydrogen) atoms. The van der Waals surface area contributed by atoms with Crippen LogP contribution < -0.4 is 15.4 Å². The highest BCUT2D eigenvalue weighted by atomic mass is 16.6. The van der Waals surface area contributed by atoms with Gasteiger partial charge in [-0.1, -0.05) is 13.0 Å². The summed E-state index contributed by atoms with van der Waals surface area (Å²) in [4.78, 5) is 36.2. The number of hydrogen-bond acceptors (Lipinski definition) is 6. The molecule has 0 radical (unpaired) electrons. The van der Waals surface area contributed by atoms with Crippen LogP contribution in [0.5, 0.6) is 5.75 Å². The van der Waals surface area contributed by atoms with Gasteiger partial charge in [-0.25, -0.2) is 0 Å². The maximum absolute atomic E-state index is 13.0. The third kappa shape index (κ3) is 6.26. The molecule has 1 aliphatic rings. The van der Waals surface area contributed by atoms with Gasteiger partial charge in [-0.2, -0.15) is 0 Å². The zero-order valence-electron chi connectivity index (χ0n) is 20.9. The van der Waals surface area contributed by atoms with Crippen LogP contribution in [-0.2, 0) is 11.2 Å². The first kappa shape index (κ1) is 25.9. The molecule has 0 fully saturated rings. The van der Waals surface area contributed by atoms with Crippen molar-refractivity contribution in [3.8, 4) is 5.75 Å². The number of ether oxygens (including phenoxy) is 1. The van der Waals surface area contributed by atoms with E-state index in [0.29, 0.717) is 17.7 Å². The molecule has 186 valence electrons. The molecular formula is C27H33N3O5. The van der Waals surface area contributed by atoms with Crippen LogP contribution in [0.25, 0.3) is 5.70 Å². The normalized spacial score (nSPS) is 17.0. The summed E-state index contributed by atoms with van der Waals surface area (Å²) >= 11 is 0. The molecule has 3 rings (SSSR count). The highest BCUT2D eigenvalue weighted by Gasteiger charge is 2.35. The smallest absolute Gasteiger partial charge is 0.224 e. The van der Waals surface area contributed by atoms with Gasteiger partial charge in [0.05, 0.1) is 7.11 Å². The van der Waals surface area contributed by atoms with Crippen molar-refractivity contribution in [2.24, 2.45) is 0 Å². The van der Waals surface area contributed by atoms with Gasteiger partial charge in [0.25, 0.3) is 0 Å². The second-order valence-corrected chi connectivity index (χ2v) is 9.86. The number of nitrogens with zero attached hydrogens (tertiary/aromatic N) is 1. The number of amides is 1. The van der Waals surface area contributed by atoms with E-state index in [1.54, 1.807) is 51.3 Å². The zero-order valence-corrected chi connectivity index (χ0v) is 20.9. The quantitative estimate of drug-likeness (QED) is 0.226. The Balaban J connectivity index is 1.72. The van der Waals surface area contributed by atoms with Crippen LogP contribution in [0.4, 0.5) is 5.69 Å². The topological polar surface area (TPSA) is 111 Å². The Morgan fingerprint density at radius 3 is 2.51 bits per heavy atom. The number of benzene rings is 2. The fourth-order valence-corrected chi connectivity index (χ4v) is 4.09. The fraction of sp³-hybridized carbons (Fsp3) is 0.407. The molecular weight excluding hydrogens is 446 g/mol. The van der Waals surface area contributed by atoms with Gasteiger partial charge in [0.1, 0.15) is 5.75 Å². The predicted molar refractivity (Wildman–Crippen MR) is 136 cm³/mol. The molecule has 2 aromatic carbocycles. The van der Waals surface area contributed by atoms with Crippen LogP contribution in [0, 0.1) is 10.1 Å². The number of nitro groups is 1. The highest BCUT2D eigenvalue weighted by Crippen LogP contribution is 2.32. The number of hydrogen-bond donors (Lipinski definition) is 2. The van der Waals surface area contributed by atoms with Gasteiger partial charge in [-0.15, -0.1) is 0 Å². The second-order valence-electron chi connectivity index (χ2n) is 9.86. The molecule has 1 heterocycles. The Hall–Kier alpha value is -3.68. The fourth-order valence-electron chi connectivity index (χ4n) is 4.09. The molecule has 1 atom stereocenters. The Morgan fingerprint density at radius 1 is 1.23 bits per heavy atom. The van der Waals surface area contributed by atoms with E-state index in [-0.39, 0.29) is 35.0 Å². The average Bonchev–Trinajstić information content (AvgIpc) is 2.82. The van der Waals surface area contributed by atoms with Gasteiger partial charge >= 0.3 is 0 Å². The first-order chi connectivity index (χ1) is 16.5. The van der Waals surface area contributed by atoms with Crippen molar-refractivity contribution in [1.82, 2.24) is 5.32 Å². The summed E-state index contributed by atoms with van der Waals surface area (Å²) in [5.41, 5.74) is 2.51. The lowest BCUT2D eigenvalue weighted by Crippen LogP contribution is -2.43. The van der Waals surface area contributed by atoms with E-state index in [1.165, 1.54) is 0 Å². The minimum atomic E-state index is -1.12. The zero-order chi connectivity index (χ0) is 25.8. The van der Waals surface area contributed by atoms with Crippen molar-refractivity contribution < 1.29 is 19.2 Å². The summed E-state index contributed by atoms with van der Waals surface area (Å²) in [6.45, 7) is 7.46. The summed E-state index contributed by atoms with van der Waals surface area (Å²) in [6, 6.07) is 12.5. The number of carbonyl (C=O) groups is 2. The molecule has 1 unspecified atom stereocenters. The molecule has 2 aromatic rings. The van der Waals surface area contributed by atoms with Gasteiger partial charge < -0.3 is 15.4 Å². The van der Waals surface area contributed by atoms with Crippen LogP contribution in [0.3, 0.4) is 0 Å². The summed E-state index contributed by atoms with van der Waals surface area (Å²) in [5.74, 6) is 0.259. The Labute approximate surface area is 205 Å². The van der Waals surface area contributed by atoms with E-state index in [0.717, 1.165) is 29.0 Å². The van der Waals surface area contributed by atoms with E-state index in [9.17, 15) is 19.7 Å². The number of anilines is 1. The molecule has 0 spiro atoms. The molecule has 8 nitrogen and oxygen atoms in total. The number of rotatable bonds is 9. The van der Waals surface area contributed by atoms with Crippen molar-refractivity contribution >= 4 is 23.1 Å². The molecule has 2 N–H and O–H groups in total. The highest BCUT2D eigenvalue weighted by molar-refractivity contribution is 6.09. The number of ketones is 1. The largest absolute Gasteiger partial charge is 0.497 e. The lowest BCUT2D eigenvalue weighted by Gasteiger charge is -2.35. The Kier molecular flexibility index (Phi) is 7.63. The maximum Gasteiger partial charge on any atom is 0.224 e. The first-order valence-electron chi connectivity index (χ1n) is 11.7. The average molecular weight is 480 g/mol. The number of allylic oxidation sites excluding steroid dienone is 1. The third-order valence-electron chi connectivity index (χ3n) is 6.53. The number of fused-ring (bicyclic) bond motifs is 1. The molecule has 1 aliphatic heterocycles. The summed E-state index contributed by atoms with van der Waals surface area (Å²) < 4.78 is 5.36. The van der Waals surface area contributed by atoms with E-state index < -0.39 is 5.54 Å². The first-order valence-corrected chi connectivity index (χ1v) is 11.7. The van der Waals surface area contributed by atoms with Crippen molar-refractivity contribution in [1.29, 1.82) is 0 Å². The minimum Gasteiger partial charge on any atom is -0.497 e. The number of nitrogens with one attached hydrogen (secondary N) is 2. The number of carbonyl (C=O) groups excluding carboxylic acids is 2. The molecule has 0 saturated carbocycles. The summed E-state index contributed by atoms with van der Waals surface area (Å²) in [5, 5.41) is 17.4. The monoisotopic (exact) mass is 479 g/mol. The van der Waals surface area contributed by atoms with Crippen molar-refractivity contribution in [2.75, 3.05) is 12.4 Å². The van der Waals surface area contributed by atoms with Crippen LogP contribution in [0.15, 0.2) is 48.5 Å². The second kappa shape index (κ2) is 10.3. The van der Waals surface area contributed by atoms with Gasteiger partial charge in [-0.3, -0.25) is 19.7 Å². The van der Waals surface area contributed by atoms with E-state index >= 15 is 0 Å². The molecule has 0 bridgehead atoms. The van der Waals surface area contributed by atoms with Crippen LogP contribution in [-0.4, -0.2) is 34.8 Å².